The highest BCUT2D eigenvalue weighted by Crippen LogP contribution is 2.23. The molecular formula is C14H22N2O. The Morgan fingerprint density at radius 1 is 1.47 bits per heavy atom. The molecule has 0 saturated carbocycles. The maximum absolute atomic E-state index is 10.2. The molecule has 3 N–H and O–H groups in total. The summed E-state index contributed by atoms with van der Waals surface area (Å²) in [5.41, 5.74) is 7.41. The number of aliphatic hydroxyl groups excluding tert-OH is 1. The van der Waals surface area contributed by atoms with Crippen molar-refractivity contribution in [3.8, 4) is 0 Å². The molecule has 0 aromatic heterocycles. The van der Waals surface area contributed by atoms with Crippen molar-refractivity contribution >= 4 is 5.69 Å². The van der Waals surface area contributed by atoms with Gasteiger partial charge in [0.05, 0.1) is 6.10 Å². The first-order valence-corrected chi connectivity index (χ1v) is 6.41. The molecule has 3 heteroatoms. The van der Waals surface area contributed by atoms with Gasteiger partial charge in [0, 0.05) is 24.3 Å². The number of hydrogen-bond acceptors (Lipinski definition) is 3. The van der Waals surface area contributed by atoms with Crippen LogP contribution in [0.3, 0.4) is 0 Å². The number of rotatable bonds is 3. The predicted octanol–water partition coefficient (Wildman–Crippen LogP) is 2.03. The van der Waals surface area contributed by atoms with E-state index in [1.54, 1.807) is 0 Å². The van der Waals surface area contributed by atoms with Gasteiger partial charge in [-0.3, -0.25) is 0 Å². The van der Waals surface area contributed by atoms with Gasteiger partial charge in [0.25, 0.3) is 0 Å². The normalized spacial score (nSPS) is 23.5. The van der Waals surface area contributed by atoms with Gasteiger partial charge in [-0.2, -0.15) is 0 Å². The minimum Gasteiger partial charge on any atom is -0.398 e. The third kappa shape index (κ3) is 3.20. The molecule has 17 heavy (non-hydrogen) atoms. The number of β-amino-alcohol motifs (C(OH)–C–C–N with tert-alkyl or cyclic N) is 1. The van der Waals surface area contributed by atoms with Crippen LogP contribution in [0.4, 0.5) is 5.69 Å². The summed E-state index contributed by atoms with van der Waals surface area (Å²) in [5, 5.41) is 10.2. The zero-order valence-corrected chi connectivity index (χ0v) is 10.5. The fraction of sp³-hybridized carbons (Fsp3) is 0.571. The van der Waals surface area contributed by atoms with Gasteiger partial charge in [-0.05, 0) is 31.4 Å². The molecular weight excluding hydrogens is 212 g/mol. The minimum absolute atomic E-state index is 0.471. The monoisotopic (exact) mass is 234 g/mol. The van der Waals surface area contributed by atoms with Crippen LogP contribution in [0.5, 0.6) is 0 Å². The van der Waals surface area contributed by atoms with Crippen molar-refractivity contribution in [3.63, 3.8) is 0 Å². The number of anilines is 1. The largest absolute Gasteiger partial charge is 0.398 e. The SMILES string of the molecule is CC1CCCN(CC(O)c2ccccc2N)C1. The summed E-state index contributed by atoms with van der Waals surface area (Å²) >= 11 is 0. The van der Waals surface area contributed by atoms with Crippen LogP contribution in [0.1, 0.15) is 31.4 Å². The molecule has 1 aliphatic rings. The first-order chi connectivity index (χ1) is 8.16. The lowest BCUT2D eigenvalue weighted by molar-refractivity contribution is 0.0880. The Balaban J connectivity index is 1.97. The van der Waals surface area contributed by atoms with E-state index in [-0.39, 0.29) is 0 Å². The number of likely N-dealkylation sites (tertiary alicyclic amines) is 1. The molecule has 1 aromatic carbocycles. The molecule has 1 heterocycles. The molecule has 3 nitrogen and oxygen atoms in total. The molecule has 0 radical (unpaired) electrons. The Morgan fingerprint density at radius 3 is 2.94 bits per heavy atom. The van der Waals surface area contributed by atoms with Gasteiger partial charge in [-0.15, -0.1) is 0 Å². The van der Waals surface area contributed by atoms with Crippen LogP contribution in [0.2, 0.25) is 0 Å². The maximum atomic E-state index is 10.2. The second-order valence-electron chi connectivity index (χ2n) is 5.15. The summed E-state index contributed by atoms with van der Waals surface area (Å²) in [6.07, 6.45) is 2.07. The van der Waals surface area contributed by atoms with E-state index in [4.69, 9.17) is 5.73 Å². The number of nitrogens with zero attached hydrogens (tertiary/aromatic N) is 1. The number of benzene rings is 1. The molecule has 94 valence electrons. The molecule has 2 unspecified atom stereocenters. The fourth-order valence-electron chi connectivity index (χ4n) is 2.61. The van der Waals surface area contributed by atoms with E-state index >= 15 is 0 Å². The Kier molecular flexibility index (Phi) is 4.02. The Hall–Kier alpha value is -1.06. The van der Waals surface area contributed by atoms with Gasteiger partial charge in [0.15, 0.2) is 0 Å². The lowest BCUT2D eigenvalue weighted by Crippen LogP contribution is -2.37. The maximum Gasteiger partial charge on any atom is 0.0936 e. The predicted molar refractivity (Wildman–Crippen MR) is 70.7 cm³/mol. The summed E-state index contributed by atoms with van der Waals surface area (Å²) < 4.78 is 0. The zero-order chi connectivity index (χ0) is 12.3. The average Bonchev–Trinajstić information content (AvgIpc) is 2.29. The number of nitrogen functional groups attached to an aromatic ring is 1. The third-order valence-electron chi connectivity index (χ3n) is 3.53. The second-order valence-corrected chi connectivity index (χ2v) is 5.15. The molecule has 0 aliphatic carbocycles. The Morgan fingerprint density at radius 2 is 2.24 bits per heavy atom. The molecule has 0 spiro atoms. The van der Waals surface area contributed by atoms with Crippen LogP contribution in [0, 0.1) is 5.92 Å². The van der Waals surface area contributed by atoms with Gasteiger partial charge in [0.2, 0.25) is 0 Å². The van der Waals surface area contributed by atoms with E-state index in [9.17, 15) is 5.11 Å². The van der Waals surface area contributed by atoms with Crippen molar-refractivity contribution in [1.82, 2.24) is 4.90 Å². The van der Waals surface area contributed by atoms with Crippen molar-refractivity contribution in [2.24, 2.45) is 5.92 Å². The highest BCUT2D eigenvalue weighted by Gasteiger charge is 2.20. The lowest BCUT2D eigenvalue weighted by Gasteiger charge is -2.32. The smallest absolute Gasteiger partial charge is 0.0936 e. The van der Waals surface area contributed by atoms with Crippen molar-refractivity contribution in [3.05, 3.63) is 29.8 Å². The number of nitrogens with two attached hydrogens (primary N) is 1. The number of hydrogen-bond donors (Lipinski definition) is 2. The van der Waals surface area contributed by atoms with Gasteiger partial charge in [-0.25, -0.2) is 0 Å². The second kappa shape index (κ2) is 5.52. The van der Waals surface area contributed by atoms with Crippen molar-refractivity contribution < 1.29 is 5.11 Å². The van der Waals surface area contributed by atoms with Gasteiger partial charge in [-0.1, -0.05) is 25.1 Å². The summed E-state index contributed by atoms with van der Waals surface area (Å²) in [4.78, 5) is 2.34. The molecule has 2 rings (SSSR count). The molecule has 2 atom stereocenters. The van der Waals surface area contributed by atoms with Gasteiger partial charge < -0.3 is 15.7 Å². The van der Waals surface area contributed by atoms with E-state index < -0.39 is 6.10 Å². The average molecular weight is 234 g/mol. The molecule has 1 fully saturated rings. The lowest BCUT2D eigenvalue weighted by atomic mass is 9.99. The number of para-hydroxylation sites is 1. The summed E-state index contributed by atoms with van der Waals surface area (Å²) in [6, 6.07) is 7.58. The molecule has 0 bridgehead atoms. The first kappa shape index (κ1) is 12.4. The molecule has 1 aliphatic heterocycles. The van der Waals surface area contributed by atoms with Crippen LogP contribution >= 0.6 is 0 Å². The van der Waals surface area contributed by atoms with Gasteiger partial charge >= 0.3 is 0 Å². The Labute approximate surface area is 103 Å². The van der Waals surface area contributed by atoms with Crippen LogP contribution in [0.15, 0.2) is 24.3 Å². The molecule has 0 amide bonds. The standard InChI is InChI=1S/C14H22N2O/c1-11-5-4-8-16(9-11)10-14(17)12-6-2-3-7-13(12)15/h2-3,6-7,11,14,17H,4-5,8-10,15H2,1H3. The molecule has 1 aromatic rings. The number of aliphatic hydroxyl groups is 1. The van der Waals surface area contributed by atoms with E-state index in [2.05, 4.69) is 11.8 Å². The summed E-state index contributed by atoms with van der Waals surface area (Å²) in [5.74, 6) is 0.740. The van der Waals surface area contributed by atoms with Crippen molar-refractivity contribution in [1.29, 1.82) is 0 Å². The van der Waals surface area contributed by atoms with Crippen LogP contribution < -0.4 is 5.73 Å². The summed E-state index contributed by atoms with van der Waals surface area (Å²) in [7, 11) is 0. The van der Waals surface area contributed by atoms with E-state index in [1.807, 2.05) is 24.3 Å². The summed E-state index contributed by atoms with van der Waals surface area (Å²) in [6.45, 7) is 5.14. The number of piperidine rings is 1. The van der Waals surface area contributed by atoms with E-state index in [0.717, 1.165) is 24.6 Å². The van der Waals surface area contributed by atoms with E-state index in [0.29, 0.717) is 12.2 Å². The minimum atomic E-state index is -0.471. The zero-order valence-electron chi connectivity index (χ0n) is 10.5. The topological polar surface area (TPSA) is 49.5 Å². The van der Waals surface area contributed by atoms with Gasteiger partial charge in [0.1, 0.15) is 0 Å². The third-order valence-corrected chi connectivity index (χ3v) is 3.53. The van der Waals surface area contributed by atoms with Crippen molar-refractivity contribution in [2.75, 3.05) is 25.4 Å². The van der Waals surface area contributed by atoms with Crippen LogP contribution in [0.25, 0.3) is 0 Å². The van der Waals surface area contributed by atoms with Crippen molar-refractivity contribution in [2.45, 2.75) is 25.9 Å². The Bertz CT molecular complexity index is 367. The van der Waals surface area contributed by atoms with Crippen LogP contribution in [-0.4, -0.2) is 29.6 Å². The molecule has 1 saturated heterocycles. The first-order valence-electron chi connectivity index (χ1n) is 6.41. The quantitative estimate of drug-likeness (QED) is 0.787. The van der Waals surface area contributed by atoms with Crippen LogP contribution in [-0.2, 0) is 0 Å². The highest BCUT2D eigenvalue weighted by atomic mass is 16.3. The highest BCUT2D eigenvalue weighted by molar-refractivity contribution is 5.47. The fourth-order valence-corrected chi connectivity index (χ4v) is 2.61. The van der Waals surface area contributed by atoms with E-state index in [1.165, 1.54) is 12.8 Å².